The molecule has 2 aliphatic rings. The number of aromatic nitrogens is 7. The van der Waals surface area contributed by atoms with E-state index in [-0.39, 0.29) is 0 Å². The molecule has 4 aromatic rings. The Kier molecular flexibility index (Phi) is 3.65. The molecule has 0 atom stereocenters. The van der Waals surface area contributed by atoms with Gasteiger partial charge in [0.25, 0.3) is 0 Å². The van der Waals surface area contributed by atoms with Gasteiger partial charge >= 0.3 is 0 Å². The molecule has 0 aromatic carbocycles. The van der Waals surface area contributed by atoms with Crippen LogP contribution in [-0.2, 0) is 13.1 Å². The Morgan fingerprint density at radius 2 is 2.00 bits per heavy atom. The summed E-state index contributed by atoms with van der Waals surface area (Å²) in [6.45, 7) is 2.30. The minimum absolute atomic E-state index is 0.593. The van der Waals surface area contributed by atoms with Crippen molar-refractivity contribution in [2.75, 3.05) is 11.4 Å². The van der Waals surface area contributed by atoms with E-state index in [1.807, 2.05) is 12.1 Å². The lowest BCUT2D eigenvalue weighted by atomic mass is 10.1. The van der Waals surface area contributed by atoms with Crippen molar-refractivity contribution in [2.24, 2.45) is 0 Å². The van der Waals surface area contributed by atoms with Crippen LogP contribution in [0, 0.1) is 0 Å². The zero-order chi connectivity index (χ0) is 19.2. The number of fused-ring (bicyclic) bond motifs is 1. The summed E-state index contributed by atoms with van der Waals surface area (Å²) in [5.41, 5.74) is 2.19. The van der Waals surface area contributed by atoms with Crippen molar-refractivity contribution < 1.29 is 4.42 Å². The fourth-order valence-corrected chi connectivity index (χ4v) is 3.75. The maximum atomic E-state index is 5.63. The summed E-state index contributed by atoms with van der Waals surface area (Å²) in [7, 11) is 0. The van der Waals surface area contributed by atoms with Gasteiger partial charge in [-0.1, -0.05) is 0 Å². The molecule has 1 saturated carbocycles. The molecule has 0 N–H and O–H groups in total. The Labute approximate surface area is 166 Å². The normalized spacial score (nSPS) is 16.1. The summed E-state index contributed by atoms with van der Waals surface area (Å²) in [5, 5.41) is 8.83. The fraction of sp³-hybridized carbons (Fsp3) is 0.300. The van der Waals surface area contributed by atoms with Crippen LogP contribution in [0.5, 0.6) is 0 Å². The van der Waals surface area contributed by atoms with Gasteiger partial charge in [0.2, 0.25) is 5.95 Å². The topological polar surface area (TPSA) is 98.7 Å². The first kappa shape index (κ1) is 16.3. The predicted octanol–water partition coefficient (Wildman–Crippen LogP) is 2.68. The quantitative estimate of drug-likeness (QED) is 0.528. The second-order valence-electron chi connectivity index (χ2n) is 7.32. The SMILES string of the molecule is c1coc(-c2nc(N3CCn4c(nnc4C4CC4)C3)ncc2-c2cnccn2)c1. The molecule has 29 heavy (non-hydrogen) atoms. The molecule has 1 aliphatic carbocycles. The van der Waals surface area contributed by atoms with Crippen LogP contribution in [0.3, 0.4) is 0 Å². The summed E-state index contributed by atoms with van der Waals surface area (Å²) in [6.07, 6.45) is 10.9. The Hall–Kier alpha value is -3.62. The van der Waals surface area contributed by atoms with Gasteiger partial charge in [-0.3, -0.25) is 9.97 Å². The smallest absolute Gasteiger partial charge is 0.226 e. The van der Waals surface area contributed by atoms with Crippen LogP contribution in [0.1, 0.15) is 30.4 Å². The van der Waals surface area contributed by atoms with Gasteiger partial charge in [0, 0.05) is 43.2 Å². The standard InChI is InChI=1S/C20H18N8O/c1-2-16(29-9-1)18-14(15-11-21-5-6-22-15)10-23-20(24-18)27-7-8-28-17(12-27)25-26-19(28)13-3-4-13/h1-2,5-6,9-11,13H,3-4,7-8,12H2. The molecule has 4 aromatic heterocycles. The van der Waals surface area contributed by atoms with Crippen molar-refractivity contribution in [3.8, 4) is 22.7 Å². The number of anilines is 1. The molecular weight excluding hydrogens is 368 g/mol. The second kappa shape index (κ2) is 6.47. The van der Waals surface area contributed by atoms with Gasteiger partial charge in [-0.05, 0) is 25.0 Å². The highest BCUT2D eigenvalue weighted by Crippen LogP contribution is 2.39. The van der Waals surface area contributed by atoms with Crippen LogP contribution < -0.4 is 4.90 Å². The van der Waals surface area contributed by atoms with Gasteiger partial charge in [-0.25, -0.2) is 9.97 Å². The molecule has 0 radical (unpaired) electrons. The number of nitrogens with zero attached hydrogens (tertiary/aromatic N) is 8. The van der Waals surface area contributed by atoms with Crippen LogP contribution >= 0.6 is 0 Å². The third-order valence-electron chi connectivity index (χ3n) is 5.38. The molecule has 0 unspecified atom stereocenters. The van der Waals surface area contributed by atoms with E-state index >= 15 is 0 Å². The molecule has 144 valence electrons. The van der Waals surface area contributed by atoms with Gasteiger partial charge in [0.1, 0.15) is 11.5 Å². The molecule has 0 amide bonds. The number of hydrogen-bond acceptors (Lipinski definition) is 8. The second-order valence-corrected chi connectivity index (χ2v) is 7.32. The molecule has 9 heteroatoms. The minimum Gasteiger partial charge on any atom is -0.463 e. The van der Waals surface area contributed by atoms with Crippen molar-refractivity contribution in [2.45, 2.75) is 31.8 Å². The molecule has 1 fully saturated rings. The molecule has 5 heterocycles. The van der Waals surface area contributed by atoms with Gasteiger partial charge < -0.3 is 13.9 Å². The summed E-state index contributed by atoms with van der Waals surface area (Å²) < 4.78 is 7.89. The van der Waals surface area contributed by atoms with Crippen molar-refractivity contribution in [3.63, 3.8) is 0 Å². The summed E-state index contributed by atoms with van der Waals surface area (Å²) in [4.78, 5) is 20.2. The van der Waals surface area contributed by atoms with Crippen LogP contribution in [0.4, 0.5) is 5.95 Å². The largest absolute Gasteiger partial charge is 0.463 e. The van der Waals surface area contributed by atoms with E-state index in [2.05, 4.69) is 34.6 Å². The van der Waals surface area contributed by atoms with Gasteiger partial charge in [0.15, 0.2) is 11.6 Å². The van der Waals surface area contributed by atoms with E-state index in [0.29, 0.717) is 35.6 Å². The Bertz CT molecular complexity index is 1150. The number of furan rings is 1. The van der Waals surface area contributed by atoms with Crippen LogP contribution in [0.2, 0.25) is 0 Å². The molecule has 0 saturated heterocycles. The number of hydrogen-bond donors (Lipinski definition) is 0. The summed E-state index contributed by atoms with van der Waals surface area (Å²) in [6, 6.07) is 3.74. The molecule has 9 nitrogen and oxygen atoms in total. The minimum atomic E-state index is 0.593. The van der Waals surface area contributed by atoms with E-state index in [9.17, 15) is 0 Å². The Balaban J connectivity index is 1.37. The van der Waals surface area contributed by atoms with Crippen molar-refractivity contribution in [1.82, 2.24) is 34.7 Å². The highest BCUT2D eigenvalue weighted by Gasteiger charge is 2.32. The zero-order valence-corrected chi connectivity index (χ0v) is 15.6. The van der Waals surface area contributed by atoms with Crippen LogP contribution in [0.15, 0.2) is 47.6 Å². The first-order chi connectivity index (χ1) is 14.4. The third kappa shape index (κ3) is 2.86. The molecule has 0 bridgehead atoms. The lowest BCUT2D eigenvalue weighted by Crippen LogP contribution is -2.35. The fourth-order valence-electron chi connectivity index (χ4n) is 3.75. The van der Waals surface area contributed by atoms with E-state index in [1.54, 1.807) is 31.1 Å². The monoisotopic (exact) mass is 386 g/mol. The highest BCUT2D eigenvalue weighted by molar-refractivity contribution is 5.76. The first-order valence-corrected chi connectivity index (χ1v) is 9.71. The molecule has 1 aliphatic heterocycles. The van der Waals surface area contributed by atoms with Crippen molar-refractivity contribution >= 4 is 5.95 Å². The van der Waals surface area contributed by atoms with Gasteiger partial charge in [-0.2, -0.15) is 0 Å². The summed E-state index contributed by atoms with van der Waals surface area (Å²) in [5.74, 6) is 4.02. The number of rotatable bonds is 4. The van der Waals surface area contributed by atoms with Crippen LogP contribution in [0.25, 0.3) is 22.7 Å². The average molecular weight is 386 g/mol. The lowest BCUT2D eigenvalue weighted by molar-refractivity contribution is 0.535. The Morgan fingerprint density at radius 3 is 2.79 bits per heavy atom. The lowest BCUT2D eigenvalue weighted by Gasteiger charge is -2.28. The average Bonchev–Trinajstić information content (AvgIpc) is 3.30. The predicted molar refractivity (Wildman–Crippen MR) is 104 cm³/mol. The summed E-state index contributed by atoms with van der Waals surface area (Å²) >= 11 is 0. The van der Waals surface area contributed by atoms with Gasteiger partial charge in [-0.15, -0.1) is 10.2 Å². The first-order valence-electron chi connectivity index (χ1n) is 9.71. The van der Waals surface area contributed by atoms with Gasteiger partial charge in [0.05, 0.1) is 24.7 Å². The van der Waals surface area contributed by atoms with E-state index < -0.39 is 0 Å². The third-order valence-corrected chi connectivity index (χ3v) is 5.38. The molecular formula is C20H18N8O. The van der Waals surface area contributed by atoms with Crippen molar-refractivity contribution in [1.29, 1.82) is 0 Å². The molecule has 6 rings (SSSR count). The van der Waals surface area contributed by atoms with E-state index in [1.165, 1.54) is 12.8 Å². The maximum absolute atomic E-state index is 5.63. The van der Waals surface area contributed by atoms with Crippen molar-refractivity contribution in [3.05, 3.63) is 54.8 Å². The van der Waals surface area contributed by atoms with Crippen LogP contribution in [-0.4, -0.2) is 41.2 Å². The van der Waals surface area contributed by atoms with E-state index in [0.717, 1.165) is 30.3 Å². The zero-order valence-electron chi connectivity index (χ0n) is 15.6. The molecule has 0 spiro atoms. The maximum Gasteiger partial charge on any atom is 0.226 e. The Morgan fingerprint density at radius 1 is 1.03 bits per heavy atom. The van der Waals surface area contributed by atoms with E-state index in [4.69, 9.17) is 9.40 Å². The highest BCUT2D eigenvalue weighted by atomic mass is 16.3.